The minimum atomic E-state index is -0.482. The Bertz CT molecular complexity index is 179. The van der Waals surface area contributed by atoms with Crippen molar-refractivity contribution < 1.29 is 19.7 Å². The molecule has 2 atom stereocenters. The first-order chi connectivity index (χ1) is 7.77. The predicted octanol–water partition coefficient (Wildman–Crippen LogP) is -0.533. The summed E-state index contributed by atoms with van der Waals surface area (Å²) in [6, 6.07) is 0.216. The fourth-order valence-corrected chi connectivity index (χ4v) is 2.03. The van der Waals surface area contributed by atoms with E-state index in [1.807, 2.05) is 0 Å². The van der Waals surface area contributed by atoms with Gasteiger partial charge in [-0.05, 0) is 19.4 Å². The Morgan fingerprint density at radius 3 is 2.94 bits per heavy atom. The Morgan fingerprint density at radius 1 is 1.44 bits per heavy atom. The molecule has 16 heavy (non-hydrogen) atoms. The number of rotatable bonds is 8. The number of hydrogen-bond donors (Lipinski definition) is 2. The molecule has 0 radical (unpaired) electrons. The Balaban J connectivity index is 2.10. The molecule has 0 saturated carbocycles. The van der Waals surface area contributed by atoms with Crippen LogP contribution in [0, 0.1) is 0 Å². The minimum Gasteiger partial charge on any atom is -0.395 e. The Kier molecular flexibility index (Phi) is 6.91. The van der Waals surface area contributed by atoms with Gasteiger partial charge in [0, 0.05) is 19.7 Å². The van der Waals surface area contributed by atoms with Gasteiger partial charge >= 0.3 is 0 Å². The van der Waals surface area contributed by atoms with Gasteiger partial charge in [-0.1, -0.05) is 0 Å². The summed E-state index contributed by atoms with van der Waals surface area (Å²) in [5.74, 6) is 0. The number of aliphatic hydroxyl groups is 2. The number of nitrogens with zero attached hydrogens (tertiary/aromatic N) is 1. The molecule has 2 unspecified atom stereocenters. The van der Waals surface area contributed by atoms with E-state index in [0.717, 1.165) is 19.4 Å². The smallest absolute Gasteiger partial charge is 0.0900 e. The van der Waals surface area contributed by atoms with Gasteiger partial charge in [0.2, 0.25) is 0 Å². The molecule has 5 heteroatoms. The first-order valence-electron chi connectivity index (χ1n) is 5.87. The Morgan fingerprint density at radius 2 is 2.25 bits per heavy atom. The van der Waals surface area contributed by atoms with Gasteiger partial charge in [-0.25, -0.2) is 0 Å². The summed E-state index contributed by atoms with van der Waals surface area (Å²) < 4.78 is 10.1. The van der Waals surface area contributed by atoms with Crippen LogP contribution in [0.4, 0.5) is 0 Å². The molecule has 1 aliphatic rings. The zero-order valence-electron chi connectivity index (χ0n) is 9.97. The quantitative estimate of drug-likeness (QED) is 0.552. The van der Waals surface area contributed by atoms with Crippen LogP contribution >= 0.6 is 0 Å². The summed E-state index contributed by atoms with van der Waals surface area (Å²) in [5, 5.41) is 18.9. The second-order valence-corrected chi connectivity index (χ2v) is 4.20. The summed E-state index contributed by atoms with van der Waals surface area (Å²) in [7, 11) is 1.62. The molecule has 0 spiro atoms. The van der Waals surface area contributed by atoms with Gasteiger partial charge in [0.1, 0.15) is 0 Å². The highest BCUT2D eigenvalue weighted by Crippen LogP contribution is 2.16. The van der Waals surface area contributed by atoms with Crippen LogP contribution in [0.3, 0.4) is 0 Å². The maximum Gasteiger partial charge on any atom is 0.0900 e. The van der Waals surface area contributed by atoms with Crippen molar-refractivity contribution in [1.82, 2.24) is 4.90 Å². The summed E-state index contributed by atoms with van der Waals surface area (Å²) in [4.78, 5) is 2.13. The van der Waals surface area contributed by atoms with Gasteiger partial charge in [0.25, 0.3) is 0 Å². The third-order valence-corrected chi connectivity index (χ3v) is 2.90. The lowest BCUT2D eigenvalue weighted by Crippen LogP contribution is -2.39. The van der Waals surface area contributed by atoms with E-state index in [1.54, 1.807) is 7.11 Å². The maximum absolute atomic E-state index is 9.73. The molecule has 1 rings (SSSR count). The fraction of sp³-hybridized carbons (Fsp3) is 1.00. The third-order valence-electron chi connectivity index (χ3n) is 2.90. The topological polar surface area (TPSA) is 62.2 Å². The molecular formula is C11H23NO4. The first-order valence-corrected chi connectivity index (χ1v) is 5.87. The van der Waals surface area contributed by atoms with Gasteiger partial charge in [-0.2, -0.15) is 0 Å². The molecule has 1 aliphatic heterocycles. The van der Waals surface area contributed by atoms with Gasteiger partial charge in [-0.15, -0.1) is 0 Å². The number of methoxy groups -OCH3 is 1. The molecule has 0 amide bonds. The van der Waals surface area contributed by atoms with Crippen molar-refractivity contribution >= 4 is 0 Å². The summed E-state index contributed by atoms with van der Waals surface area (Å²) in [6.07, 6.45) is 1.64. The van der Waals surface area contributed by atoms with E-state index in [-0.39, 0.29) is 12.6 Å². The molecule has 1 fully saturated rings. The number of β-amino-alcohol motifs (C(OH)–C–C–N with tert-alkyl or cyclic N) is 1. The summed E-state index contributed by atoms with van der Waals surface area (Å²) in [5.41, 5.74) is 0. The highest BCUT2D eigenvalue weighted by atomic mass is 16.5. The molecule has 96 valence electrons. The van der Waals surface area contributed by atoms with Crippen molar-refractivity contribution in [2.45, 2.75) is 25.0 Å². The largest absolute Gasteiger partial charge is 0.395 e. The zero-order chi connectivity index (χ0) is 11.8. The van der Waals surface area contributed by atoms with E-state index < -0.39 is 6.10 Å². The number of likely N-dealkylation sites (tertiary alicyclic amines) is 1. The van der Waals surface area contributed by atoms with Crippen LogP contribution in [0.25, 0.3) is 0 Å². The molecule has 1 heterocycles. The van der Waals surface area contributed by atoms with Crippen LogP contribution in [0.2, 0.25) is 0 Å². The molecule has 0 aromatic rings. The van der Waals surface area contributed by atoms with E-state index in [0.29, 0.717) is 26.4 Å². The van der Waals surface area contributed by atoms with Crippen molar-refractivity contribution in [2.24, 2.45) is 0 Å². The third kappa shape index (κ3) is 4.76. The van der Waals surface area contributed by atoms with Crippen molar-refractivity contribution in [3.63, 3.8) is 0 Å². The van der Waals surface area contributed by atoms with E-state index in [4.69, 9.17) is 14.6 Å². The summed E-state index contributed by atoms with van der Waals surface area (Å²) in [6.45, 7) is 3.11. The van der Waals surface area contributed by atoms with Crippen molar-refractivity contribution in [2.75, 3.05) is 46.6 Å². The normalized spacial score (nSPS) is 23.8. The Hall–Kier alpha value is -0.200. The van der Waals surface area contributed by atoms with Crippen molar-refractivity contribution in [1.29, 1.82) is 0 Å². The van der Waals surface area contributed by atoms with Crippen LogP contribution < -0.4 is 0 Å². The molecule has 5 nitrogen and oxygen atoms in total. The average molecular weight is 233 g/mol. The lowest BCUT2D eigenvalue weighted by molar-refractivity contribution is -0.00492. The SMILES string of the molecule is COCCOCC(O)CN1CCCC1CO. The first kappa shape index (κ1) is 13.9. The monoisotopic (exact) mass is 233 g/mol. The van der Waals surface area contributed by atoms with Crippen LogP contribution in [0.1, 0.15) is 12.8 Å². The van der Waals surface area contributed by atoms with E-state index in [2.05, 4.69) is 4.90 Å². The maximum atomic E-state index is 9.73. The standard InChI is InChI=1S/C11H23NO4/c1-15-5-6-16-9-11(14)7-12-4-2-3-10(12)8-13/h10-11,13-14H,2-9H2,1H3. The van der Waals surface area contributed by atoms with Gasteiger partial charge in [-0.3, -0.25) is 4.90 Å². The number of hydrogen-bond acceptors (Lipinski definition) is 5. The fourth-order valence-electron chi connectivity index (χ4n) is 2.03. The van der Waals surface area contributed by atoms with E-state index in [9.17, 15) is 5.11 Å². The molecule has 0 aromatic heterocycles. The van der Waals surface area contributed by atoms with Crippen molar-refractivity contribution in [3.8, 4) is 0 Å². The lowest BCUT2D eigenvalue weighted by Gasteiger charge is -2.25. The Labute approximate surface area is 97.0 Å². The van der Waals surface area contributed by atoms with Gasteiger partial charge in [0.15, 0.2) is 0 Å². The molecule has 1 saturated heterocycles. The van der Waals surface area contributed by atoms with Crippen molar-refractivity contribution in [3.05, 3.63) is 0 Å². The lowest BCUT2D eigenvalue weighted by atomic mass is 10.2. The predicted molar refractivity (Wildman–Crippen MR) is 60.4 cm³/mol. The second-order valence-electron chi connectivity index (χ2n) is 4.20. The molecule has 0 bridgehead atoms. The molecule has 0 aliphatic carbocycles. The van der Waals surface area contributed by atoms with Crippen LogP contribution in [-0.4, -0.2) is 73.9 Å². The zero-order valence-corrected chi connectivity index (χ0v) is 9.97. The molecular weight excluding hydrogens is 210 g/mol. The van der Waals surface area contributed by atoms with E-state index >= 15 is 0 Å². The second kappa shape index (κ2) is 7.97. The molecule has 0 aromatic carbocycles. The van der Waals surface area contributed by atoms with Crippen LogP contribution in [0.15, 0.2) is 0 Å². The number of ether oxygens (including phenoxy) is 2. The van der Waals surface area contributed by atoms with Gasteiger partial charge < -0.3 is 19.7 Å². The van der Waals surface area contributed by atoms with E-state index in [1.165, 1.54) is 0 Å². The number of aliphatic hydroxyl groups excluding tert-OH is 2. The average Bonchev–Trinajstić information content (AvgIpc) is 2.71. The summed E-state index contributed by atoms with van der Waals surface area (Å²) >= 11 is 0. The highest BCUT2D eigenvalue weighted by Gasteiger charge is 2.25. The van der Waals surface area contributed by atoms with Crippen LogP contribution in [0.5, 0.6) is 0 Å². The highest BCUT2D eigenvalue weighted by molar-refractivity contribution is 4.80. The molecule has 2 N–H and O–H groups in total. The minimum absolute atomic E-state index is 0.178. The van der Waals surface area contributed by atoms with Gasteiger partial charge in [0.05, 0.1) is 32.5 Å². The van der Waals surface area contributed by atoms with Crippen LogP contribution in [-0.2, 0) is 9.47 Å².